The molecule has 3 nitrogen and oxygen atoms in total. The largest absolute Gasteiger partial charge is 0.392 e. The molecule has 2 aliphatic heterocycles. The number of amides is 1. The summed E-state index contributed by atoms with van der Waals surface area (Å²) in [4.78, 5) is 16.4. The van der Waals surface area contributed by atoms with Gasteiger partial charge in [0.15, 0.2) is 0 Å². The molecule has 0 aromatic carbocycles. The topological polar surface area (TPSA) is 23.6 Å². The molecular weight excluding hydrogens is 281 g/mol. The second-order valence-electron chi connectivity index (χ2n) is 7.41. The molecule has 2 saturated heterocycles. The molecule has 0 radical (unpaired) electrons. The lowest BCUT2D eigenvalue weighted by molar-refractivity contribution is -0.178. The molecule has 1 amide bonds. The SMILES string of the molecule is CC(CC(=O)N1C2CCC1CN(C(C)(C)C)C2)C(F)(F)F. The molecule has 3 unspecified atom stereocenters. The number of carbonyl (C=O) groups is 1. The highest BCUT2D eigenvalue weighted by molar-refractivity contribution is 5.77. The van der Waals surface area contributed by atoms with Crippen LogP contribution in [0.4, 0.5) is 13.2 Å². The summed E-state index contributed by atoms with van der Waals surface area (Å²) in [6, 6.07) is 0.159. The van der Waals surface area contributed by atoms with Gasteiger partial charge in [-0.3, -0.25) is 9.69 Å². The molecule has 0 N–H and O–H groups in total. The molecular formula is C15H25F3N2O. The molecule has 6 heteroatoms. The quantitative estimate of drug-likeness (QED) is 0.783. The van der Waals surface area contributed by atoms with Crippen molar-refractivity contribution in [3.63, 3.8) is 0 Å². The van der Waals surface area contributed by atoms with Crippen molar-refractivity contribution in [1.82, 2.24) is 9.80 Å². The van der Waals surface area contributed by atoms with E-state index in [1.165, 1.54) is 0 Å². The van der Waals surface area contributed by atoms with E-state index in [1.54, 1.807) is 4.90 Å². The maximum atomic E-state index is 12.6. The lowest BCUT2D eigenvalue weighted by Crippen LogP contribution is -2.60. The van der Waals surface area contributed by atoms with Crippen molar-refractivity contribution in [3.8, 4) is 0 Å². The van der Waals surface area contributed by atoms with Crippen molar-refractivity contribution >= 4 is 5.91 Å². The number of fused-ring (bicyclic) bond motifs is 2. The van der Waals surface area contributed by atoms with Crippen LogP contribution in [0.1, 0.15) is 47.0 Å². The summed E-state index contributed by atoms with van der Waals surface area (Å²) >= 11 is 0. The van der Waals surface area contributed by atoms with Crippen molar-refractivity contribution in [2.75, 3.05) is 13.1 Å². The zero-order valence-electron chi connectivity index (χ0n) is 13.2. The summed E-state index contributed by atoms with van der Waals surface area (Å²) < 4.78 is 37.9. The summed E-state index contributed by atoms with van der Waals surface area (Å²) in [5.74, 6) is -1.90. The summed E-state index contributed by atoms with van der Waals surface area (Å²) in [5, 5.41) is 0. The van der Waals surface area contributed by atoms with Crippen LogP contribution in [0.2, 0.25) is 0 Å². The lowest BCUT2D eigenvalue weighted by atomic mass is 10.0. The molecule has 122 valence electrons. The molecule has 2 aliphatic rings. The number of carbonyl (C=O) groups excluding carboxylic acids is 1. The minimum Gasteiger partial charge on any atom is -0.334 e. The van der Waals surface area contributed by atoms with Gasteiger partial charge in [-0.25, -0.2) is 0 Å². The van der Waals surface area contributed by atoms with Crippen LogP contribution in [0, 0.1) is 5.92 Å². The van der Waals surface area contributed by atoms with Crippen LogP contribution in [0.3, 0.4) is 0 Å². The van der Waals surface area contributed by atoms with Crippen molar-refractivity contribution in [2.45, 2.75) is 70.8 Å². The summed E-state index contributed by atoms with van der Waals surface area (Å²) in [6.45, 7) is 9.03. The van der Waals surface area contributed by atoms with Gasteiger partial charge in [0.1, 0.15) is 0 Å². The van der Waals surface area contributed by atoms with Crippen molar-refractivity contribution in [1.29, 1.82) is 0 Å². The third kappa shape index (κ3) is 3.52. The standard InChI is InChI=1S/C15H25F3N2O/c1-10(15(16,17)18)7-13(21)20-11-5-6-12(20)9-19(8-11)14(2,3)4/h10-12H,5-9H2,1-4H3. The minimum atomic E-state index is -4.29. The summed E-state index contributed by atoms with van der Waals surface area (Å²) in [7, 11) is 0. The number of likely N-dealkylation sites (tertiary alicyclic amines) is 1. The number of hydrogen-bond donors (Lipinski definition) is 0. The fourth-order valence-electron chi connectivity index (χ4n) is 3.34. The van der Waals surface area contributed by atoms with Crippen molar-refractivity contribution in [2.24, 2.45) is 5.92 Å². The van der Waals surface area contributed by atoms with Gasteiger partial charge in [-0.1, -0.05) is 6.92 Å². The van der Waals surface area contributed by atoms with E-state index in [0.717, 1.165) is 32.9 Å². The van der Waals surface area contributed by atoms with E-state index in [2.05, 4.69) is 25.7 Å². The Morgan fingerprint density at radius 1 is 1.14 bits per heavy atom. The van der Waals surface area contributed by atoms with Gasteiger partial charge in [0.25, 0.3) is 0 Å². The Kier molecular flexibility index (Phi) is 4.30. The van der Waals surface area contributed by atoms with E-state index in [4.69, 9.17) is 0 Å². The van der Waals surface area contributed by atoms with Crippen LogP contribution in [0.15, 0.2) is 0 Å². The molecule has 0 aliphatic carbocycles. The van der Waals surface area contributed by atoms with Crippen LogP contribution < -0.4 is 0 Å². The molecule has 0 aromatic rings. The van der Waals surface area contributed by atoms with Crippen LogP contribution in [-0.4, -0.2) is 52.6 Å². The average molecular weight is 306 g/mol. The Labute approximate surface area is 124 Å². The maximum absolute atomic E-state index is 12.6. The fraction of sp³-hybridized carbons (Fsp3) is 0.933. The molecule has 3 atom stereocenters. The monoisotopic (exact) mass is 306 g/mol. The third-order valence-electron chi connectivity index (χ3n) is 4.76. The van der Waals surface area contributed by atoms with E-state index < -0.39 is 18.5 Å². The van der Waals surface area contributed by atoms with Gasteiger partial charge in [-0.15, -0.1) is 0 Å². The molecule has 2 heterocycles. The van der Waals surface area contributed by atoms with Gasteiger partial charge in [-0.2, -0.15) is 13.2 Å². The maximum Gasteiger partial charge on any atom is 0.392 e. The number of halogens is 3. The van der Waals surface area contributed by atoms with Crippen molar-refractivity contribution < 1.29 is 18.0 Å². The summed E-state index contributed by atoms with van der Waals surface area (Å²) in [6.07, 6.45) is -2.90. The van der Waals surface area contributed by atoms with Gasteiger partial charge in [-0.05, 0) is 33.6 Å². The number of alkyl halides is 3. The second kappa shape index (κ2) is 5.45. The molecule has 2 bridgehead atoms. The number of piperazine rings is 1. The Morgan fingerprint density at radius 3 is 2.00 bits per heavy atom. The van der Waals surface area contributed by atoms with Crippen LogP contribution in [0.5, 0.6) is 0 Å². The van der Waals surface area contributed by atoms with Gasteiger partial charge < -0.3 is 4.90 Å². The van der Waals surface area contributed by atoms with Crippen LogP contribution in [0.25, 0.3) is 0 Å². The normalized spacial score (nSPS) is 28.8. The first-order valence-corrected chi connectivity index (χ1v) is 7.63. The fourth-order valence-corrected chi connectivity index (χ4v) is 3.34. The van der Waals surface area contributed by atoms with E-state index >= 15 is 0 Å². The first-order valence-electron chi connectivity index (χ1n) is 7.63. The van der Waals surface area contributed by atoms with E-state index in [-0.39, 0.29) is 23.5 Å². The smallest absolute Gasteiger partial charge is 0.334 e. The van der Waals surface area contributed by atoms with Crippen molar-refractivity contribution in [3.05, 3.63) is 0 Å². The molecule has 2 fully saturated rings. The van der Waals surface area contributed by atoms with Gasteiger partial charge in [0, 0.05) is 37.1 Å². The number of rotatable bonds is 2. The first-order chi connectivity index (χ1) is 9.50. The minimum absolute atomic E-state index is 0.0369. The molecule has 2 rings (SSSR count). The van der Waals surface area contributed by atoms with Gasteiger partial charge in [0.2, 0.25) is 5.91 Å². The predicted octanol–water partition coefficient (Wildman–Crippen LogP) is 3.05. The number of hydrogen-bond acceptors (Lipinski definition) is 2. The highest BCUT2D eigenvalue weighted by atomic mass is 19.4. The predicted molar refractivity (Wildman–Crippen MR) is 74.8 cm³/mol. The molecule has 0 aromatic heterocycles. The Bertz CT molecular complexity index is 389. The molecule has 0 saturated carbocycles. The Morgan fingerprint density at radius 2 is 1.62 bits per heavy atom. The lowest BCUT2D eigenvalue weighted by Gasteiger charge is -2.47. The van der Waals surface area contributed by atoms with E-state index in [1.807, 2.05) is 0 Å². The average Bonchev–Trinajstić information content (AvgIpc) is 2.57. The number of nitrogens with zero attached hydrogens (tertiary/aromatic N) is 2. The molecule has 0 spiro atoms. The highest BCUT2D eigenvalue weighted by Gasteiger charge is 2.46. The van der Waals surface area contributed by atoms with Crippen LogP contribution in [-0.2, 0) is 4.79 Å². The zero-order chi connectivity index (χ0) is 16.0. The van der Waals surface area contributed by atoms with E-state index in [9.17, 15) is 18.0 Å². The van der Waals surface area contributed by atoms with E-state index in [0.29, 0.717) is 0 Å². The second-order valence-corrected chi connectivity index (χ2v) is 7.41. The van der Waals surface area contributed by atoms with Crippen LogP contribution >= 0.6 is 0 Å². The van der Waals surface area contributed by atoms with Gasteiger partial charge in [0.05, 0.1) is 5.92 Å². The highest BCUT2D eigenvalue weighted by Crippen LogP contribution is 2.35. The van der Waals surface area contributed by atoms with Gasteiger partial charge >= 0.3 is 6.18 Å². The zero-order valence-corrected chi connectivity index (χ0v) is 13.2. The third-order valence-corrected chi connectivity index (χ3v) is 4.76. The Hall–Kier alpha value is -0.780. The Balaban J connectivity index is 2.02. The molecule has 21 heavy (non-hydrogen) atoms. The summed E-state index contributed by atoms with van der Waals surface area (Å²) in [5.41, 5.74) is 0.0369. The first kappa shape index (κ1) is 16.6.